The number of hydrogen-bond acceptors (Lipinski definition) is 7. The van der Waals surface area contributed by atoms with Crippen LogP contribution in [-0.2, 0) is 48.2 Å². The average molecular weight is 597 g/mol. The molecule has 1 amide bonds. The minimum Gasteiger partial charge on any atom is -0.487 e. The molecule has 10 nitrogen and oxygen atoms in total. The van der Waals surface area contributed by atoms with Crippen LogP contribution < -0.4 is 13.8 Å². The number of amides is 1. The van der Waals surface area contributed by atoms with E-state index in [1.54, 1.807) is 6.07 Å². The highest BCUT2D eigenvalue weighted by molar-refractivity contribution is 7.92. The van der Waals surface area contributed by atoms with Crippen LogP contribution >= 0.6 is 0 Å². The molecule has 4 heterocycles. The quantitative estimate of drug-likeness (QED) is 0.448. The van der Waals surface area contributed by atoms with Crippen molar-refractivity contribution in [3.8, 4) is 5.75 Å². The Kier molecular flexibility index (Phi) is 7.71. The lowest BCUT2D eigenvalue weighted by Gasteiger charge is -2.41. The number of benzene rings is 2. The predicted molar refractivity (Wildman–Crippen MR) is 157 cm³/mol. The maximum Gasteiger partial charge on any atom is 0.326 e. The van der Waals surface area contributed by atoms with E-state index >= 15 is 4.39 Å². The van der Waals surface area contributed by atoms with Crippen LogP contribution in [0.5, 0.6) is 5.75 Å². The molecule has 0 atom stereocenters. The van der Waals surface area contributed by atoms with Crippen molar-refractivity contribution in [2.75, 3.05) is 30.5 Å². The van der Waals surface area contributed by atoms with Crippen molar-refractivity contribution >= 4 is 21.8 Å². The van der Waals surface area contributed by atoms with Gasteiger partial charge in [0, 0.05) is 49.5 Å². The second-order valence-electron chi connectivity index (χ2n) is 11.5. The number of halogens is 1. The molecule has 3 aliphatic heterocycles. The standard InChI is InChI=1S/C30H37FN6O4S/c1-20-25(21(2)34(3)32-20)16-35-12-10-24(11-13-35)36-14-9-23-15-27(41-19-22-7-5-4-6-8-22)30(29(31)26(23)17-36)37-18-28(38)33-42(37,39)40/h4-8,15,24H,9-14,16-19H2,1-3H3,(H,33,38). The molecule has 0 spiro atoms. The van der Waals surface area contributed by atoms with Crippen molar-refractivity contribution < 1.29 is 22.3 Å². The van der Waals surface area contributed by atoms with Crippen molar-refractivity contribution in [1.82, 2.24) is 24.3 Å². The molecule has 42 heavy (non-hydrogen) atoms. The lowest BCUT2D eigenvalue weighted by Crippen LogP contribution is -2.46. The van der Waals surface area contributed by atoms with Gasteiger partial charge in [-0.3, -0.25) is 19.3 Å². The summed E-state index contributed by atoms with van der Waals surface area (Å²) < 4.78 is 52.7. The van der Waals surface area contributed by atoms with Gasteiger partial charge in [-0.15, -0.1) is 0 Å². The molecule has 224 valence electrons. The minimum atomic E-state index is -4.23. The number of carbonyl (C=O) groups excluding carboxylic acids is 1. The lowest BCUT2D eigenvalue weighted by atomic mass is 9.94. The third kappa shape index (κ3) is 5.50. The average Bonchev–Trinajstić information content (AvgIpc) is 3.38. The number of hydrogen-bond donors (Lipinski definition) is 1. The summed E-state index contributed by atoms with van der Waals surface area (Å²) in [6.07, 6.45) is 2.57. The van der Waals surface area contributed by atoms with Crippen LogP contribution in [0, 0.1) is 19.7 Å². The number of rotatable bonds is 7. The molecule has 1 aromatic heterocycles. The summed E-state index contributed by atoms with van der Waals surface area (Å²) in [6.45, 7) is 7.76. The third-order valence-corrected chi connectivity index (χ3v) is 10.2. The molecule has 0 aliphatic carbocycles. The molecular formula is C30H37FN6O4S. The molecule has 2 saturated heterocycles. The topological polar surface area (TPSA) is 100 Å². The SMILES string of the molecule is Cc1nn(C)c(C)c1CN1CCC(N2CCc3cc(OCc4ccccc4)c(N4CC(=O)NS4(=O)=O)c(F)c3C2)CC1. The van der Waals surface area contributed by atoms with Gasteiger partial charge in [-0.25, -0.2) is 13.4 Å². The van der Waals surface area contributed by atoms with Crippen molar-refractivity contribution in [2.24, 2.45) is 7.05 Å². The van der Waals surface area contributed by atoms with E-state index in [9.17, 15) is 13.2 Å². The summed E-state index contributed by atoms with van der Waals surface area (Å²) in [4.78, 5) is 16.8. The van der Waals surface area contributed by atoms with Gasteiger partial charge in [-0.2, -0.15) is 13.5 Å². The summed E-state index contributed by atoms with van der Waals surface area (Å²) >= 11 is 0. The van der Waals surface area contributed by atoms with Gasteiger partial charge in [-0.05, 0) is 63.4 Å². The van der Waals surface area contributed by atoms with Gasteiger partial charge >= 0.3 is 10.2 Å². The zero-order valence-electron chi connectivity index (χ0n) is 24.3. The Hall–Kier alpha value is -3.48. The molecule has 0 unspecified atom stereocenters. The summed E-state index contributed by atoms with van der Waals surface area (Å²) in [5.41, 5.74) is 5.49. The first-order valence-electron chi connectivity index (χ1n) is 14.4. The number of aromatic nitrogens is 2. The lowest BCUT2D eigenvalue weighted by molar-refractivity contribution is -0.117. The van der Waals surface area contributed by atoms with E-state index in [-0.39, 0.29) is 18.0 Å². The highest BCUT2D eigenvalue weighted by Gasteiger charge is 2.40. The number of piperidine rings is 1. The number of anilines is 1. The predicted octanol–water partition coefficient (Wildman–Crippen LogP) is 2.96. The van der Waals surface area contributed by atoms with Gasteiger partial charge < -0.3 is 4.74 Å². The Morgan fingerprint density at radius 2 is 1.83 bits per heavy atom. The van der Waals surface area contributed by atoms with Gasteiger partial charge in [0.05, 0.1) is 5.69 Å². The Bertz CT molecular complexity index is 1600. The van der Waals surface area contributed by atoms with E-state index in [2.05, 4.69) is 28.7 Å². The monoisotopic (exact) mass is 596 g/mol. The van der Waals surface area contributed by atoms with Gasteiger partial charge in [0.15, 0.2) is 5.82 Å². The fourth-order valence-corrected chi connectivity index (χ4v) is 7.55. The molecular weight excluding hydrogens is 559 g/mol. The molecule has 0 bridgehead atoms. The fourth-order valence-electron chi connectivity index (χ4n) is 6.39. The summed E-state index contributed by atoms with van der Waals surface area (Å²) in [5.74, 6) is -1.22. The van der Waals surface area contributed by atoms with Crippen LogP contribution in [0.3, 0.4) is 0 Å². The molecule has 6 rings (SSSR count). The Balaban J connectivity index is 1.21. The molecule has 0 radical (unpaired) electrons. The summed E-state index contributed by atoms with van der Waals surface area (Å²) in [7, 11) is -2.25. The Morgan fingerprint density at radius 1 is 1.10 bits per heavy atom. The largest absolute Gasteiger partial charge is 0.487 e. The van der Waals surface area contributed by atoms with Gasteiger partial charge in [0.1, 0.15) is 24.6 Å². The normalized spacial score (nSPS) is 19.6. The second-order valence-corrected chi connectivity index (χ2v) is 13.1. The molecule has 3 aromatic rings. The molecule has 3 aliphatic rings. The molecule has 2 aromatic carbocycles. The van der Waals surface area contributed by atoms with E-state index in [1.165, 1.54) is 11.3 Å². The van der Waals surface area contributed by atoms with E-state index in [0.717, 1.165) is 60.1 Å². The first-order chi connectivity index (χ1) is 20.1. The number of carbonyl (C=O) groups is 1. The Labute approximate surface area is 246 Å². The molecule has 12 heteroatoms. The first kappa shape index (κ1) is 28.6. The highest BCUT2D eigenvalue weighted by Crippen LogP contribution is 2.41. The molecule has 0 saturated carbocycles. The highest BCUT2D eigenvalue weighted by atomic mass is 32.2. The van der Waals surface area contributed by atoms with Gasteiger partial charge in [0.25, 0.3) is 5.91 Å². The van der Waals surface area contributed by atoms with E-state index < -0.39 is 28.5 Å². The number of aryl methyl sites for hydroxylation is 2. The van der Waals surface area contributed by atoms with Crippen LogP contribution in [0.4, 0.5) is 10.1 Å². The van der Waals surface area contributed by atoms with Gasteiger partial charge in [-0.1, -0.05) is 30.3 Å². The van der Waals surface area contributed by atoms with Crippen molar-refractivity contribution in [1.29, 1.82) is 0 Å². The summed E-state index contributed by atoms with van der Waals surface area (Å²) in [5, 5.41) is 4.55. The second kappa shape index (κ2) is 11.3. The molecule has 2 fully saturated rings. The van der Waals surface area contributed by atoms with Crippen LogP contribution in [0.25, 0.3) is 0 Å². The van der Waals surface area contributed by atoms with Crippen molar-refractivity contribution in [3.63, 3.8) is 0 Å². The Morgan fingerprint density at radius 3 is 2.48 bits per heavy atom. The first-order valence-corrected chi connectivity index (χ1v) is 15.8. The fraction of sp³-hybridized carbons (Fsp3) is 0.467. The number of likely N-dealkylation sites (tertiary alicyclic amines) is 1. The number of nitrogens with one attached hydrogen (secondary N) is 1. The summed E-state index contributed by atoms with van der Waals surface area (Å²) in [6, 6.07) is 11.5. The van der Waals surface area contributed by atoms with Crippen molar-refractivity contribution in [3.05, 3.63) is 75.9 Å². The molecule has 1 N–H and O–H groups in total. The third-order valence-electron chi connectivity index (χ3n) is 8.85. The van der Waals surface area contributed by atoms with Crippen LogP contribution in [0.15, 0.2) is 36.4 Å². The van der Waals surface area contributed by atoms with Crippen LogP contribution in [0.1, 0.15) is 46.5 Å². The van der Waals surface area contributed by atoms with E-state index in [1.807, 2.05) is 46.8 Å². The zero-order valence-corrected chi connectivity index (χ0v) is 25.1. The minimum absolute atomic E-state index is 0.123. The van der Waals surface area contributed by atoms with E-state index in [0.29, 0.717) is 24.6 Å². The van der Waals surface area contributed by atoms with Gasteiger partial charge in [0.2, 0.25) is 0 Å². The number of ether oxygens (including phenoxy) is 1. The zero-order chi connectivity index (χ0) is 29.6. The van der Waals surface area contributed by atoms with Crippen molar-refractivity contribution in [2.45, 2.75) is 58.8 Å². The maximum absolute atomic E-state index is 16.4. The van der Waals surface area contributed by atoms with Crippen LogP contribution in [-0.4, -0.2) is 66.1 Å². The number of fused-ring (bicyclic) bond motifs is 1. The number of nitrogens with zero attached hydrogens (tertiary/aromatic N) is 5. The van der Waals surface area contributed by atoms with E-state index in [4.69, 9.17) is 4.74 Å². The van der Waals surface area contributed by atoms with Crippen LogP contribution in [0.2, 0.25) is 0 Å². The smallest absolute Gasteiger partial charge is 0.326 e. The maximum atomic E-state index is 16.4.